The zero-order chi connectivity index (χ0) is 19.3. The normalized spacial score (nSPS) is 10.9. The van der Waals surface area contributed by atoms with Gasteiger partial charge >= 0.3 is 12.1 Å². The fourth-order valence-electron chi connectivity index (χ4n) is 1.77. The maximum atomic E-state index is 12.5. The van der Waals surface area contributed by atoms with E-state index in [1.807, 2.05) is 5.43 Å². The monoisotopic (exact) mass is 370 g/mol. The van der Waals surface area contributed by atoms with Crippen LogP contribution in [0.5, 0.6) is 0 Å². The second-order valence-corrected chi connectivity index (χ2v) is 4.84. The second-order valence-electron chi connectivity index (χ2n) is 4.84. The van der Waals surface area contributed by atoms with Gasteiger partial charge in [0.1, 0.15) is 0 Å². The summed E-state index contributed by atoms with van der Waals surface area (Å²) in [6.45, 7) is -0.582. The van der Waals surface area contributed by atoms with Gasteiger partial charge in [-0.15, -0.1) is 0 Å². The van der Waals surface area contributed by atoms with Gasteiger partial charge in [0.15, 0.2) is 5.76 Å². The Hall–Kier alpha value is -3.34. The number of furan rings is 1. The Morgan fingerprint density at radius 2 is 1.62 bits per heavy atom. The van der Waals surface area contributed by atoms with E-state index in [2.05, 4.69) is 9.84 Å². The molecule has 4 N–H and O–H groups in total. The average molecular weight is 370 g/mol. The van der Waals surface area contributed by atoms with Crippen LogP contribution in [0.15, 0.2) is 46.9 Å². The van der Waals surface area contributed by atoms with Gasteiger partial charge in [-0.05, 0) is 24.3 Å². The first kappa shape index (κ1) is 19.0. The SMILES string of the molecule is NCC(=O)N(NC(=O)c1ccccc1)NC(=O)c1ccc(C(F)(F)F)o1. The summed E-state index contributed by atoms with van der Waals surface area (Å²) in [5.74, 6) is -4.93. The summed E-state index contributed by atoms with van der Waals surface area (Å²) in [5, 5.41) is 0.382. The predicted molar refractivity (Wildman–Crippen MR) is 81.0 cm³/mol. The van der Waals surface area contributed by atoms with E-state index in [9.17, 15) is 27.6 Å². The van der Waals surface area contributed by atoms with Crippen molar-refractivity contribution in [3.05, 3.63) is 59.5 Å². The number of hydrogen-bond donors (Lipinski definition) is 3. The lowest BCUT2D eigenvalue weighted by atomic mass is 10.2. The summed E-state index contributed by atoms with van der Waals surface area (Å²) < 4.78 is 41.9. The number of carbonyl (C=O) groups is 3. The molecule has 2 aromatic rings. The van der Waals surface area contributed by atoms with Gasteiger partial charge in [0.2, 0.25) is 5.76 Å². The molecule has 0 spiro atoms. The fourth-order valence-corrected chi connectivity index (χ4v) is 1.77. The Bertz CT molecular complexity index is 805. The minimum absolute atomic E-state index is 0.175. The number of hydrazine groups is 2. The lowest BCUT2D eigenvalue weighted by molar-refractivity contribution is -0.153. The molecular weight excluding hydrogens is 357 g/mol. The summed E-state index contributed by atoms with van der Waals surface area (Å²) in [7, 11) is 0. The van der Waals surface area contributed by atoms with Crippen molar-refractivity contribution in [1.29, 1.82) is 0 Å². The van der Waals surface area contributed by atoms with Crippen molar-refractivity contribution in [3.8, 4) is 0 Å². The van der Waals surface area contributed by atoms with Crippen LogP contribution in [-0.4, -0.2) is 29.4 Å². The third-order valence-electron chi connectivity index (χ3n) is 3.00. The molecule has 0 aliphatic rings. The van der Waals surface area contributed by atoms with E-state index in [1.54, 1.807) is 18.2 Å². The van der Waals surface area contributed by atoms with Crippen molar-refractivity contribution >= 4 is 17.7 Å². The van der Waals surface area contributed by atoms with Gasteiger partial charge in [-0.1, -0.05) is 18.2 Å². The Kier molecular flexibility index (Phi) is 5.62. The van der Waals surface area contributed by atoms with Crippen LogP contribution in [0.3, 0.4) is 0 Å². The number of carbonyl (C=O) groups excluding carboxylic acids is 3. The second kappa shape index (κ2) is 7.70. The number of nitrogens with two attached hydrogens (primary N) is 1. The highest BCUT2D eigenvalue weighted by Crippen LogP contribution is 2.30. The molecule has 0 aliphatic carbocycles. The van der Waals surface area contributed by atoms with Crippen LogP contribution in [0.25, 0.3) is 0 Å². The van der Waals surface area contributed by atoms with Crippen LogP contribution in [0.4, 0.5) is 13.2 Å². The van der Waals surface area contributed by atoms with Crippen LogP contribution in [-0.2, 0) is 11.0 Å². The molecule has 3 amide bonds. The number of rotatable bonds is 3. The number of benzene rings is 1. The standard InChI is InChI=1S/C15H13F3N4O4/c16-15(17,18)11-7-6-10(26-11)14(25)21-22(12(23)8-19)20-13(24)9-4-2-1-3-5-9/h1-7H,8,19H2,(H,20,24)(H,21,25). The van der Waals surface area contributed by atoms with Crippen molar-refractivity contribution in [3.63, 3.8) is 0 Å². The molecule has 0 atom stereocenters. The van der Waals surface area contributed by atoms with Crippen LogP contribution >= 0.6 is 0 Å². The van der Waals surface area contributed by atoms with Crippen molar-refractivity contribution < 1.29 is 32.0 Å². The number of alkyl halides is 3. The molecule has 138 valence electrons. The first-order valence-corrected chi connectivity index (χ1v) is 7.09. The minimum Gasteiger partial charge on any atom is -0.446 e. The van der Waals surface area contributed by atoms with Gasteiger partial charge in [0, 0.05) is 5.56 Å². The topological polar surface area (TPSA) is 118 Å². The number of halogens is 3. The smallest absolute Gasteiger partial charge is 0.446 e. The van der Waals surface area contributed by atoms with Gasteiger partial charge in [-0.3, -0.25) is 14.4 Å². The molecule has 1 aromatic heterocycles. The van der Waals surface area contributed by atoms with Crippen LogP contribution < -0.4 is 16.6 Å². The summed E-state index contributed by atoms with van der Waals surface area (Å²) in [6, 6.07) is 9.05. The van der Waals surface area contributed by atoms with Crippen molar-refractivity contribution in [1.82, 2.24) is 16.0 Å². The highest BCUT2D eigenvalue weighted by atomic mass is 19.4. The Morgan fingerprint density at radius 3 is 2.15 bits per heavy atom. The van der Waals surface area contributed by atoms with Crippen molar-refractivity contribution in [2.75, 3.05) is 6.54 Å². The lowest BCUT2D eigenvalue weighted by Gasteiger charge is -2.22. The predicted octanol–water partition coefficient (Wildman–Crippen LogP) is 1.08. The molecule has 26 heavy (non-hydrogen) atoms. The summed E-state index contributed by atoms with van der Waals surface area (Å²) in [4.78, 5) is 35.8. The van der Waals surface area contributed by atoms with Crippen LogP contribution in [0.2, 0.25) is 0 Å². The Balaban J connectivity index is 2.12. The third-order valence-corrected chi connectivity index (χ3v) is 3.00. The first-order valence-electron chi connectivity index (χ1n) is 7.09. The molecule has 0 saturated carbocycles. The molecule has 0 bridgehead atoms. The molecule has 0 aliphatic heterocycles. The lowest BCUT2D eigenvalue weighted by Crippen LogP contribution is -2.57. The molecule has 11 heteroatoms. The van der Waals surface area contributed by atoms with E-state index in [0.717, 1.165) is 6.07 Å². The van der Waals surface area contributed by atoms with E-state index < -0.39 is 42.0 Å². The number of nitrogens with one attached hydrogen (secondary N) is 2. The summed E-state index contributed by atoms with van der Waals surface area (Å²) in [6.07, 6.45) is -4.77. The largest absolute Gasteiger partial charge is 0.449 e. The summed E-state index contributed by atoms with van der Waals surface area (Å²) in [5.41, 5.74) is 9.38. The number of hydrogen-bond acceptors (Lipinski definition) is 5. The molecule has 1 aromatic carbocycles. The van der Waals surface area contributed by atoms with E-state index in [1.165, 1.54) is 12.1 Å². The van der Waals surface area contributed by atoms with Crippen molar-refractivity contribution in [2.45, 2.75) is 6.18 Å². The zero-order valence-corrected chi connectivity index (χ0v) is 13.0. The molecule has 0 saturated heterocycles. The van der Waals surface area contributed by atoms with E-state index in [4.69, 9.17) is 5.73 Å². The van der Waals surface area contributed by atoms with Gasteiger partial charge in [-0.2, -0.15) is 18.3 Å². The summed E-state index contributed by atoms with van der Waals surface area (Å²) >= 11 is 0. The molecule has 1 heterocycles. The molecule has 0 fully saturated rings. The Morgan fingerprint density at radius 1 is 1.00 bits per heavy atom. The third kappa shape index (κ3) is 4.60. The van der Waals surface area contributed by atoms with Gasteiger partial charge in [0.25, 0.3) is 11.8 Å². The molecular formula is C15H13F3N4O4. The van der Waals surface area contributed by atoms with Gasteiger partial charge < -0.3 is 10.2 Å². The Labute approximate surface area is 144 Å². The molecule has 2 rings (SSSR count). The van der Waals surface area contributed by atoms with E-state index in [-0.39, 0.29) is 5.56 Å². The highest BCUT2D eigenvalue weighted by molar-refractivity contribution is 5.97. The van der Waals surface area contributed by atoms with Gasteiger partial charge in [0.05, 0.1) is 6.54 Å². The highest BCUT2D eigenvalue weighted by Gasteiger charge is 2.35. The molecule has 0 unspecified atom stereocenters. The molecule has 0 radical (unpaired) electrons. The van der Waals surface area contributed by atoms with E-state index in [0.29, 0.717) is 11.2 Å². The van der Waals surface area contributed by atoms with Gasteiger partial charge in [-0.25, -0.2) is 10.9 Å². The number of nitrogens with zero attached hydrogens (tertiary/aromatic N) is 1. The minimum atomic E-state index is -4.77. The maximum absolute atomic E-state index is 12.5. The van der Waals surface area contributed by atoms with E-state index >= 15 is 0 Å². The average Bonchev–Trinajstić information content (AvgIpc) is 3.11. The van der Waals surface area contributed by atoms with Crippen LogP contribution in [0, 0.1) is 0 Å². The van der Waals surface area contributed by atoms with Crippen LogP contribution in [0.1, 0.15) is 26.7 Å². The fraction of sp³-hybridized carbons (Fsp3) is 0.133. The zero-order valence-electron chi connectivity index (χ0n) is 13.0. The first-order chi connectivity index (χ1) is 12.2. The quantitative estimate of drug-likeness (QED) is 0.699. The maximum Gasteiger partial charge on any atom is 0.449 e. The van der Waals surface area contributed by atoms with Crippen molar-refractivity contribution in [2.24, 2.45) is 5.73 Å². The number of amides is 3. The molecule has 8 nitrogen and oxygen atoms in total.